The second-order valence-electron chi connectivity index (χ2n) is 6.43. The van der Waals surface area contributed by atoms with E-state index in [1.807, 2.05) is 12.2 Å². The highest BCUT2D eigenvalue weighted by Gasteiger charge is 2.10. The summed E-state index contributed by atoms with van der Waals surface area (Å²) in [5.74, 6) is -0.405. The van der Waals surface area contributed by atoms with Gasteiger partial charge in [0.25, 0.3) is 0 Å². The number of hydrogen-bond acceptors (Lipinski definition) is 4. The Morgan fingerprint density at radius 3 is 1.45 bits per heavy atom. The van der Waals surface area contributed by atoms with Gasteiger partial charge in [-0.15, -0.1) is 0 Å². The molecule has 4 nitrogen and oxygen atoms in total. The van der Waals surface area contributed by atoms with Crippen LogP contribution < -0.4 is 0 Å². The maximum atomic E-state index is 11.4. The topological polar surface area (TPSA) is 66.8 Å². The third-order valence-corrected chi connectivity index (χ3v) is 3.82. The smallest absolute Gasteiger partial charge is 0.306 e. The average Bonchev–Trinajstić information content (AvgIpc) is 2.73. The average molecular weight is 403 g/mol. The van der Waals surface area contributed by atoms with Gasteiger partial charge in [0.15, 0.2) is 0 Å². The summed E-state index contributed by atoms with van der Waals surface area (Å²) >= 11 is 0. The molecular weight excluding hydrogens is 364 g/mol. The van der Waals surface area contributed by atoms with Crippen molar-refractivity contribution in [3.63, 3.8) is 0 Å². The molecule has 0 aliphatic heterocycles. The summed E-state index contributed by atoms with van der Waals surface area (Å²) < 4.78 is 4.88. The first kappa shape index (κ1) is 26.8. The Bertz CT molecular complexity index is 549. The van der Waals surface area contributed by atoms with E-state index in [4.69, 9.17) is 14.9 Å². The van der Waals surface area contributed by atoms with Crippen LogP contribution in [-0.2, 0) is 9.53 Å². The molecule has 0 fully saturated rings. The van der Waals surface area contributed by atoms with Crippen LogP contribution in [0.2, 0.25) is 0 Å². The predicted molar refractivity (Wildman–Crippen MR) is 122 cm³/mol. The number of ether oxygens (including phenoxy) is 1. The molecule has 0 rings (SSSR count). The third-order valence-electron chi connectivity index (χ3n) is 3.82. The molecule has 162 valence electrons. The summed E-state index contributed by atoms with van der Waals surface area (Å²) in [6.45, 7) is 1.42. The Labute approximate surface area is 176 Å². The number of aliphatic hydroxyl groups is 2. The first-order valence-electron chi connectivity index (χ1n) is 10.6. The summed E-state index contributed by atoms with van der Waals surface area (Å²) in [5, 5.41) is 17.7. The van der Waals surface area contributed by atoms with Gasteiger partial charge in [-0.05, 0) is 44.9 Å². The fourth-order valence-corrected chi connectivity index (χ4v) is 2.22. The zero-order chi connectivity index (χ0) is 21.4. The minimum Gasteiger partial charge on any atom is -0.457 e. The maximum absolute atomic E-state index is 11.4. The summed E-state index contributed by atoms with van der Waals surface area (Å²) in [7, 11) is 0. The molecule has 0 saturated carbocycles. The molecule has 0 atom stereocenters. The van der Waals surface area contributed by atoms with Crippen molar-refractivity contribution < 1.29 is 19.7 Å². The van der Waals surface area contributed by atoms with Crippen molar-refractivity contribution in [3.8, 4) is 0 Å². The van der Waals surface area contributed by atoms with Crippen molar-refractivity contribution in [1.82, 2.24) is 0 Å². The highest BCUT2D eigenvalue weighted by molar-refractivity contribution is 5.69. The van der Waals surface area contributed by atoms with Crippen LogP contribution in [0.1, 0.15) is 58.3 Å². The Kier molecular flexibility index (Phi) is 20.5. The Morgan fingerprint density at radius 2 is 1.07 bits per heavy atom. The largest absolute Gasteiger partial charge is 0.457 e. The van der Waals surface area contributed by atoms with Crippen LogP contribution >= 0.6 is 0 Å². The molecule has 0 spiro atoms. The van der Waals surface area contributed by atoms with Crippen LogP contribution in [0.15, 0.2) is 72.9 Å². The minimum atomic E-state index is -0.812. The number of allylic oxidation sites excluding steroid dienone is 12. The summed E-state index contributed by atoms with van der Waals surface area (Å²) in [6.07, 6.45) is 31.5. The van der Waals surface area contributed by atoms with E-state index in [-0.39, 0.29) is 19.6 Å². The van der Waals surface area contributed by atoms with Crippen LogP contribution in [-0.4, -0.2) is 35.5 Å². The number of carbonyl (C=O) groups is 1. The van der Waals surface area contributed by atoms with Gasteiger partial charge in [-0.25, -0.2) is 0 Å². The zero-order valence-electron chi connectivity index (χ0n) is 17.8. The molecule has 0 heterocycles. The quantitative estimate of drug-likeness (QED) is 0.254. The van der Waals surface area contributed by atoms with Crippen molar-refractivity contribution >= 4 is 5.97 Å². The lowest BCUT2D eigenvalue weighted by molar-refractivity contribution is -0.153. The number of hydrogen-bond donors (Lipinski definition) is 2. The normalized spacial score (nSPS) is 13.0. The molecule has 0 amide bonds. The van der Waals surface area contributed by atoms with E-state index in [1.165, 1.54) is 0 Å². The lowest BCUT2D eigenvalue weighted by Crippen LogP contribution is -2.25. The lowest BCUT2D eigenvalue weighted by Gasteiger charge is -2.11. The van der Waals surface area contributed by atoms with Crippen LogP contribution in [0.3, 0.4) is 0 Å². The molecule has 0 aromatic rings. The molecule has 0 unspecified atom stereocenters. The highest BCUT2D eigenvalue weighted by atomic mass is 16.6. The molecular formula is C25H38O4. The molecule has 0 aromatic heterocycles. The van der Waals surface area contributed by atoms with E-state index in [0.29, 0.717) is 6.42 Å². The first-order chi connectivity index (χ1) is 14.2. The van der Waals surface area contributed by atoms with Crippen molar-refractivity contribution in [2.75, 3.05) is 13.2 Å². The molecule has 0 aliphatic rings. The Morgan fingerprint density at radius 1 is 0.690 bits per heavy atom. The molecule has 0 saturated heterocycles. The van der Waals surface area contributed by atoms with Gasteiger partial charge in [0.2, 0.25) is 0 Å². The fourth-order valence-electron chi connectivity index (χ4n) is 2.22. The van der Waals surface area contributed by atoms with Crippen LogP contribution in [0.4, 0.5) is 0 Å². The monoisotopic (exact) mass is 402 g/mol. The van der Waals surface area contributed by atoms with Gasteiger partial charge in [0.05, 0.1) is 13.2 Å². The third kappa shape index (κ3) is 20.4. The molecule has 2 N–H and O–H groups in total. The van der Waals surface area contributed by atoms with Gasteiger partial charge in [-0.3, -0.25) is 4.79 Å². The summed E-state index contributed by atoms with van der Waals surface area (Å²) in [5.41, 5.74) is 0. The van der Waals surface area contributed by atoms with E-state index in [2.05, 4.69) is 67.7 Å². The highest BCUT2D eigenvalue weighted by Crippen LogP contribution is 2.00. The van der Waals surface area contributed by atoms with Crippen molar-refractivity contribution in [3.05, 3.63) is 72.9 Å². The summed E-state index contributed by atoms with van der Waals surface area (Å²) in [4.78, 5) is 11.4. The summed E-state index contributed by atoms with van der Waals surface area (Å²) in [6, 6.07) is 0. The van der Waals surface area contributed by atoms with Crippen LogP contribution in [0.5, 0.6) is 0 Å². The number of esters is 1. The van der Waals surface area contributed by atoms with E-state index >= 15 is 0 Å². The molecule has 0 aromatic carbocycles. The van der Waals surface area contributed by atoms with Gasteiger partial charge in [-0.1, -0.05) is 79.8 Å². The van der Waals surface area contributed by atoms with Gasteiger partial charge < -0.3 is 14.9 Å². The zero-order valence-corrected chi connectivity index (χ0v) is 17.8. The van der Waals surface area contributed by atoms with Crippen molar-refractivity contribution in [2.45, 2.75) is 64.4 Å². The van der Waals surface area contributed by atoms with Gasteiger partial charge in [-0.2, -0.15) is 0 Å². The Balaban J connectivity index is 3.63. The van der Waals surface area contributed by atoms with E-state index in [0.717, 1.165) is 38.5 Å². The standard InChI is InChI=1S/C25H38O4/c1-2-3-4-5-6-7-8-9-10-11-12-13-14-15-16-17-18-19-20-21-25(28)29-24(22-26)23-27/h3-4,6-7,9-10,12-13,15-16,18-19,24,26-27H,2,5,8,11,14,17,20-23H2,1H3. The second kappa shape index (κ2) is 22.1. The predicted octanol–water partition coefficient (Wildman–Crippen LogP) is 5.36. The van der Waals surface area contributed by atoms with E-state index in [9.17, 15) is 4.79 Å². The fraction of sp³-hybridized carbons (Fsp3) is 0.480. The maximum Gasteiger partial charge on any atom is 0.306 e. The van der Waals surface area contributed by atoms with E-state index < -0.39 is 12.1 Å². The van der Waals surface area contributed by atoms with E-state index in [1.54, 1.807) is 0 Å². The van der Waals surface area contributed by atoms with Crippen molar-refractivity contribution in [2.24, 2.45) is 0 Å². The molecule has 29 heavy (non-hydrogen) atoms. The lowest BCUT2D eigenvalue weighted by atomic mass is 10.2. The number of carbonyl (C=O) groups excluding carboxylic acids is 1. The van der Waals surface area contributed by atoms with Crippen molar-refractivity contribution in [1.29, 1.82) is 0 Å². The second-order valence-corrected chi connectivity index (χ2v) is 6.43. The molecule has 0 bridgehead atoms. The molecule has 4 heteroatoms. The number of aliphatic hydroxyl groups excluding tert-OH is 2. The molecule has 0 radical (unpaired) electrons. The Hall–Kier alpha value is -2.17. The van der Waals surface area contributed by atoms with Crippen LogP contribution in [0, 0.1) is 0 Å². The van der Waals surface area contributed by atoms with Gasteiger partial charge >= 0.3 is 5.97 Å². The van der Waals surface area contributed by atoms with Gasteiger partial charge in [0.1, 0.15) is 6.10 Å². The SMILES string of the molecule is CCC=CCC=CCC=CCC=CCC=CCC=CCCC(=O)OC(CO)CO. The number of rotatable bonds is 17. The van der Waals surface area contributed by atoms with Gasteiger partial charge in [0, 0.05) is 6.42 Å². The van der Waals surface area contributed by atoms with Crippen LogP contribution in [0.25, 0.3) is 0 Å². The molecule has 0 aliphatic carbocycles. The first-order valence-corrected chi connectivity index (χ1v) is 10.6. The minimum absolute atomic E-state index is 0.249.